The van der Waals surface area contributed by atoms with E-state index < -0.39 is 12.0 Å². The smallest absolute Gasteiger partial charge is 0.328 e. The topological polar surface area (TPSA) is 134 Å². The molecule has 9 nitrogen and oxygen atoms in total. The number of rotatable bonds is 39. The lowest BCUT2D eigenvalue weighted by Gasteiger charge is -2.18. The summed E-state index contributed by atoms with van der Waals surface area (Å²) in [6, 6.07) is -0.777. The van der Waals surface area contributed by atoms with E-state index in [4.69, 9.17) is 19.9 Å². The maximum atomic E-state index is 12.8. The van der Waals surface area contributed by atoms with Crippen LogP contribution in [0.1, 0.15) is 214 Å². The highest BCUT2D eigenvalue weighted by atomic mass is 16.5. The van der Waals surface area contributed by atoms with Crippen molar-refractivity contribution in [3.05, 3.63) is 0 Å². The number of carbonyl (C=O) groups excluding carboxylic acids is 4. The third-order valence-electron chi connectivity index (χ3n) is 10.2. The minimum atomic E-state index is -0.777. The molecule has 0 spiro atoms. The molecule has 1 amide bonds. The summed E-state index contributed by atoms with van der Waals surface area (Å²) in [6.45, 7) is 10.00. The zero-order valence-corrected chi connectivity index (χ0v) is 35.0. The van der Waals surface area contributed by atoms with Crippen LogP contribution in [0.15, 0.2) is 0 Å². The molecule has 0 aliphatic heterocycles. The molecular weight excluding hydrogens is 668 g/mol. The van der Waals surface area contributed by atoms with Crippen molar-refractivity contribution in [1.29, 1.82) is 0 Å². The van der Waals surface area contributed by atoms with Gasteiger partial charge >= 0.3 is 17.9 Å². The van der Waals surface area contributed by atoms with Crippen molar-refractivity contribution in [3.8, 4) is 0 Å². The molecule has 0 saturated heterocycles. The lowest BCUT2D eigenvalue weighted by Crippen LogP contribution is -2.43. The minimum absolute atomic E-state index is 0.00108. The highest BCUT2D eigenvalue weighted by Crippen LogP contribution is 2.21. The Balaban J connectivity index is 4.23. The largest absolute Gasteiger partial charge is 0.465 e. The lowest BCUT2D eigenvalue weighted by molar-refractivity contribution is -0.150. The molecule has 0 fully saturated rings. The van der Waals surface area contributed by atoms with Gasteiger partial charge in [0.15, 0.2) is 0 Å². The lowest BCUT2D eigenvalue weighted by atomic mass is 9.94. The average molecular weight is 753 g/mol. The van der Waals surface area contributed by atoms with Crippen molar-refractivity contribution in [2.75, 3.05) is 26.4 Å². The fourth-order valence-corrected chi connectivity index (χ4v) is 6.70. The fourth-order valence-electron chi connectivity index (χ4n) is 6.70. The van der Waals surface area contributed by atoms with E-state index in [1.54, 1.807) is 0 Å². The predicted molar refractivity (Wildman–Crippen MR) is 217 cm³/mol. The first-order valence-electron chi connectivity index (χ1n) is 22.3. The van der Waals surface area contributed by atoms with Gasteiger partial charge in [-0.3, -0.25) is 14.4 Å². The van der Waals surface area contributed by atoms with Crippen LogP contribution in [0, 0.1) is 11.8 Å². The van der Waals surface area contributed by atoms with Crippen LogP contribution in [0.3, 0.4) is 0 Å². The maximum Gasteiger partial charge on any atom is 0.328 e. The molecule has 0 heterocycles. The molecule has 3 N–H and O–H groups in total. The number of amides is 1. The molecule has 2 unspecified atom stereocenters. The highest BCUT2D eigenvalue weighted by Gasteiger charge is 2.23. The maximum absolute atomic E-state index is 12.8. The van der Waals surface area contributed by atoms with Crippen LogP contribution in [0.25, 0.3) is 0 Å². The second kappa shape index (κ2) is 38.1. The van der Waals surface area contributed by atoms with E-state index in [2.05, 4.69) is 33.0 Å². The van der Waals surface area contributed by atoms with E-state index in [-0.39, 0.29) is 49.3 Å². The molecule has 0 aromatic heterocycles. The standard InChI is InChI=1S/C44H84N2O7/c1-5-9-13-16-19-24-31-39(30-23-15-11-7-3)43(49)51-35-25-20-17-18-21-26-36-53-44(50)40(33-34-45)46-41(47)32-27-37-52-42(48)38(28-12-8-4)29-22-14-10-6-2/h38-40H,5-37,45H2,1-4H3,(H,46,47)/t38?,39?,40-/m0/s1. The molecule has 0 aromatic rings. The molecule has 3 atom stereocenters. The first kappa shape index (κ1) is 50.8. The third-order valence-corrected chi connectivity index (χ3v) is 10.2. The molecular formula is C44H84N2O7. The highest BCUT2D eigenvalue weighted by molar-refractivity contribution is 5.84. The molecule has 9 heteroatoms. The predicted octanol–water partition coefficient (Wildman–Crippen LogP) is 10.7. The summed E-state index contributed by atoms with van der Waals surface area (Å²) < 4.78 is 16.7. The molecule has 0 bridgehead atoms. The monoisotopic (exact) mass is 753 g/mol. The molecule has 0 radical (unpaired) electrons. The van der Waals surface area contributed by atoms with Gasteiger partial charge in [-0.05, 0) is 57.9 Å². The van der Waals surface area contributed by atoms with Crippen molar-refractivity contribution in [3.63, 3.8) is 0 Å². The normalized spacial score (nSPS) is 12.9. The zero-order chi connectivity index (χ0) is 39.2. The van der Waals surface area contributed by atoms with E-state index >= 15 is 0 Å². The van der Waals surface area contributed by atoms with Crippen molar-refractivity contribution < 1.29 is 33.4 Å². The summed E-state index contributed by atoms with van der Waals surface area (Å²) in [4.78, 5) is 50.8. The Hall–Kier alpha value is -2.16. The van der Waals surface area contributed by atoms with Crippen LogP contribution in [0.4, 0.5) is 0 Å². The summed E-state index contributed by atoms with van der Waals surface area (Å²) in [6.07, 6.45) is 28.9. The second-order valence-corrected chi connectivity index (χ2v) is 15.2. The summed E-state index contributed by atoms with van der Waals surface area (Å²) in [5, 5.41) is 2.76. The van der Waals surface area contributed by atoms with Gasteiger partial charge in [-0.2, -0.15) is 0 Å². The van der Waals surface area contributed by atoms with Gasteiger partial charge in [0.05, 0.1) is 31.7 Å². The Morgan fingerprint density at radius 2 is 0.792 bits per heavy atom. The second-order valence-electron chi connectivity index (χ2n) is 15.2. The third kappa shape index (κ3) is 30.8. The van der Waals surface area contributed by atoms with Crippen molar-refractivity contribution in [2.24, 2.45) is 17.6 Å². The van der Waals surface area contributed by atoms with E-state index in [0.29, 0.717) is 26.1 Å². The number of nitrogens with one attached hydrogen (secondary N) is 1. The van der Waals surface area contributed by atoms with E-state index in [9.17, 15) is 19.2 Å². The fraction of sp³-hybridized carbons (Fsp3) is 0.909. The molecule has 0 saturated carbocycles. The number of nitrogens with two attached hydrogens (primary N) is 1. The van der Waals surface area contributed by atoms with Gasteiger partial charge in [0.1, 0.15) is 6.04 Å². The van der Waals surface area contributed by atoms with Gasteiger partial charge < -0.3 is 25.3 Å². The van der Waals surface area contributed by atoms with Crippen LogP contribution >= 0.6 is 0 Å². The van der Waals surface area contributed by atoms with Gasteiger partial charge in [0.2, 0.25) is 5.91 Å². The summed E-state index contributed by atoms with van der Waals surface area (Å²) >= 11 is 0. The van der Waals surface area contributed by atoms with Crippen LogP contribution in [0.5, 0.6) is 0 Å². The molecule has 0 aliphatic rings. The average Bonchev–Trinajstić information content (AvgIpc) is 3.15. The number of ether oxygens (including phenoxy) is 3. The summed E-state index contributed by atoms with van der Waals surface area (Å²) in [5.74, 6) is -0.905. The quantitative estimate of drug-likeness (QED) is 0.0360. The van der Waals surface area contributed by atoms with Crippen molar-refractivity contribution >= 4 is 23.8 Å². The summed E-state index contributed by atoms with van der Waals surface area (Å²) in [7, 11) is 0. The van der Waals surface area contributed by atoms with Crippen LogP contribution in [-0.2, 0) is 33.4 Å². The number of carbonyl (C=O) groups is 4. The number of unbranched alkanes of at least 4 members (excludes halogenated alkanes) is 17. The van der Waals surface area contributed by atoms with Crippen LogP contribution in [0.2, 0.25) is 0 Å². The van der Waals surface area contributed by atoms with E-state index in [0.717, 1.165) is 109 Å². The molecule has 312 valence electrons. The van der Waals surface area contributed by atoms with Crippen molar-refractivity contribution in [2.45, 2.75) is 220 Å². The number of esters is 3. The Bertz CT molecular complexity index is 884. The van der Waals surface area contributed by atoms with E-state index in [1.165, 1.54) is 57.8 Å². The Labute approximate surface area is 325 Å². The summed E-state index contributed by atoms with van der Waals surface area (Å²) in [5.41, 5.74) is 5.71. The van der Waals surface area contributed by atoms with Gasteiger partial charge in [-0.1, -0.05) is 156 Å². The van der Waals surface area contributed by atoms with E-state index in [1.807, 2.05) is 0 Å². The molecule has 0 aliphatic carbocycles. The minimum Gasteiger partial charge on any atom is -0.465 e. The molecule has 53 heavy (non-hydrogen) atoms. The Kier molecular flexibility index (Phi) is 36.6. The number of hydrogen-bond acceptors (Lipinski definition) is 8. The van der Waals surface area contributed by atoms with Crippen LogP contribution in [-0.4, -0.2) is 56.2 Å². The van der Waals surface area contributed by atoms with Crippen molar-refractivity contribution in [1.82, 2.24) is 5.32 Å². The van der Waals surface area contributed by atoms with Crippen LogP contribution < -0.4 is 11.1 Å². The van der Waals surface area contributed by atoms with Gasteiger partial charge in [0, 0.05) is 6.42 Å². The Morgan fingerprint density at radius 1 is 0.434 bits per heavy atom. The first-order valence-corrected chi connectivity index (χ1v) is 22.3. The molecule has 0 aromatic carbocycles. The van der Waals surface area contributed by atoms with Gasteiger partial charge in [-0.15, -0.1) is 0 Å². The Morgan fingerprint density at radius 3 is 1.25 bits per heavy atom. The first-order chi connectivity index (χ1) is 25.8. The molecule has 0 rings (SSSR count). The van der Waals surface area contributed by atoms with Gasteiger partial charge in [0.25, 0.3) is 0 Å². The zero-order valence-electron chi connectivity index (χ0n) is 35.0. The van der Waals surface area contributed by atoms with Gasteiger partial charge in [-0.25, -0.2) is 4.79 Å². The number of hydrogen-bond donors (Lipinski definition) is 2. The SMILES string of the molecule is CCCCCCCCC(CCCCCC)C(=O)OCCCCCCCCOC(=O)[C@H](CCN)NC(=O)CCCOC(=O)C(CCCC)CCCCCC.